The molecule has 0 heterocycles. The summed E-state index contributed by atoms with van der Waals surface area (Å²) >= 11 is 1.32. The molecule has 0 aromatic carbocycles. The Bertz CT molecular complexity index is 192. The molecule has 0 aliphatic rings. The highest BCUT2D eigenvalue weighted by Crippen LogP contribution is 2.09. The Balaban J connectivity index is 3.83. The molecule has 0 radical (unpaired) electrons. The summed E-state index contributed by atoms with van der Waals surface area (Å²) in [4.78, 5) is 2.19. The van der Waals surface area contributed by atoms with Gasteiger partial charge in [0, 0.05) is 13.1 Å². The van der Waals surface area contributed by atoms with E-state index in [0.29, 0.717) is 0 Å². The Morgan fingerprint density at radius 3 is 2.43 bits per heavy atom. The van der Waals surface area contributed by atoms with Gasteiger partial charge in [-0.05, 0) is 31.7 Å². The molecule has 0 aromatic heterocycles. The van der Waals surface area contributed by atoms with Crippen molar-refractivity contribution >= 4 is 18.3 Å². The first kappa shape index (κ1) is 13.3. The average Bonchev–Trinajstić information content (AvgIpc) is 2.18. The lowest BCUT2D eigenvalue weighted by atomic mass is 10.4. The Hall–Kier alpha value is -0.690. The van der Waals surface area contributed by atoms with Crippen molar-refractivity contribution in [3.8, 4) is 6.07 Å². The molecule has 4 heteroatoms. The smallest absolute Gasteiger partial charge is 0.111 e. The van der Waals surface area contributed by atoms with Gasteiger partial charge in [0.2, 0.25) is 0 Å². The molecule has 0 aliphatic carbocycles. The van der Waals surface area contributed by atoms with E-state index in [9.17, 15) is 0 Å². The minimum absolute atomic E-state index is 0.0589. The molecule has 0 aromatic rings. The number of rotatable bonds is 7. The molecular weight excluding hydrogens is 194 g/mol. The van der Waals surface area contributed by atoms with Crippen LogP contribution >= 0.6 is 11.9 Å². The maximum atomic E-state index is 8.55. The SMILES string of the molecule is CCCN(C=NSC(C)C#N)CCC. The van der Waals surface area contributed by atoms with E-state index in [1.165, 1.54) is 11.9 Å². The Kier molecular flexibility index (Phi) is 8.45. The van der Waals surface area contributed by atoms with E-state index in [-0.39, 0.29) is 5.25 Å². The number of nitriles is 1. The topological polar surface area (TPSA) is 39.4 Å². The highest BCUT2D eigenvalue weighted by molar-refractivity contribution is 7.98. The van der Waals surface area contributed by atoms with Gasteiger partial charge in [-0.25, -0.2) is 4.40 Å². The maximum absolute atomic E-state index is 8.55. The summed E-state index contributed by atoms with van der Waals surface area (Å²) < 4.78 is 4.17. The van der Waals surface area contributed by atoms with Crippen LogP contribution in [0.3, 0.4) is 0 Å². The fourth-order valence-corrected chi connectivity index (χ4v) is 1.43. The van der Waals surface area contributed by atoms with Crippen LogP contribution in [0, 0.1) is 11.3 Å². The molecule has 3 nitrogen and oxygen atoms in total. The third-order valence-electron chi connectivity index (χ3n) is 1.63. The largest absolute Gasteiger partial charge is 0.362 e. The van der Waals surface area contributed by atoms with Crippen molar-refractivity contribution < 1.29 is 0 Å². The first-order valence-electron chi connectivity index (χ1n) is 5.07. The lowest BCUT2D eigenvalue weighted by molar-refractivity contribution is 0.429. The van der Waals surface area contributed by atoms with Gasteiger partial charge in [0.15, 0.2) is 0 Å². The van der Waals surface area contributed by atoms with Gasteiger partial charge in [0.05, 0.1) is 12.4 Å². The second kappa shape index (κ2) is 8.89. The predicted octanol–water partition coefficient (Wildman–Crippen LogP) is 2.70. The summed E-state index contributed by atoms with van der Waals surface area (Å²) in [6, 6.07) is 2.13. The van der Waals surface area contributed by atoms with Gasteiger partial charge in [-0.15, -0.1) is 0 Å². The molecule has 0 fully saturated rings. The molecule has 0 rings (SSSR count). The van der Waals surface area contributed by atoms with Gasteiger partial charge < -0.3 is 4.90 Å². The first-order valence-corrected chi connectivity index (χ1v) is 5.91. The summed E-state index contributed by atoms with van der Waals surface area (Å²) in [5.41, 5.74) is 0. The molecular formula is C10H19N3S. The van der Waals surface area contributed by atoms with E-state index < -0.39 is 0 Å². The summed E-state index contributed by atoms with van der Waals surface area (Å²) in [5.74, 6) is 0. The molecule has 0 bridgehead atoms. The van der Waals surface area contributed by atoms with Gasteiger partial charge in [-0.3, -0.25) is 0 Å². The number of nitrogens with zero attached hydrogens (tertiary/aromatic N) is 3. The molecule has 0 saturated heterocycles. The van der Waals surface area contributed by atoms with E-state index in [1.807, 2.05) is 13.3 Å². The van der Waals surface area contributed by atoms with Crippen LogP contribution in [-0.2, 0) is 0 Å². The minimum Gasteiger partial charge on any atom is -0.362 e. The zero-order valence-corrected chi connectivity index (χ0v) is 10.0. The molecule has 1 unspecified atom stereocenters. The van der Waals surface area contributed by atoms with Crippen LogP contribution in [0.15, 0.2) is 4.40 Å². The predicted molar refractivity (Wildman–Crippen MR) is 63.3 cm³/mol. The molecule has 0 spiro atoms. The van der Waals surface area contributed by atoms with Gasteiger partial charge >= 0.3 is 0 Å². The summed E-state index contributed by atoms with van der Waals surface area (Å²) in [6.07, 6.45) is 4.11. The fraction of sp³-hybridized carbons (Fsp3) is 0.800. The summed E-state index contributed by atoms with van der Waals surface area (Å²) in [6.45, 7) is 8.24. The van der Waals surface area contributed by atoms with E-state index in [2.05, 4.69) is 29.2 Å². The van der Waals surface area contributed by atoms with Crippen LogP contribution in [0.1, 0.15) is 33.6 Å². The van der Waals surface area contributed by atoms with Crippen molar-refractivity contribution in [2.75, 3.05) is 13.1 Å². The zero-order chi connectivity index (χ0) is 10.8. The summed E-state index contributed by atoms with van der Waals surface area (Å²) in [5, 5.41) is 8.49. The molecule has 0 N–H and O–H groups in total. The third-order valence-corrected chi connectivity index (χ3v) is 2.27. The van der Waals surface area contributed by atoms with Gasteiger partial charge in [0.1, 0.15) is 5.25 Å². The normalized spacial score (nSPS) is 12.7. The molecule has 0 saturated carbocycles. The molecule has 0 amide bonds. The molecule has 80 valence electrons. The Morgan fingerprint density at radius 1 is 1.43 bits per heavy atom. The van der Waals surface area contributed by atoms with Gasteiger partial charge in [-0.2, -0.15) is 5.26 Å². The average molecular weight is 213 g/mol. The minimum atomic E-state index is -0.0589. The van der Waals surface area contributed by atoms with Crippen LogP contribution in [0.25, 0.3) is 0 Å². The van der Waals surface area contributed by atoms with E-state index in [1.54, 1.807) is 0 Å². The highest BCUT2D eigenvalue weighted by atomic mass is 32.2. The summed E-state index contributed by atoms with van der Waals surface area (Å²) in [7, 11) is 0. The second-order valence-corrected chi connectivity index (χ2v) is 4.26. The molecule has 0 aliphatic heterocycles. The van der Waals surface area contributed by atoms with Crippen LogP contribution in [0.5, 0.6) is 0 Å². The van der Waals surface area contributed by atoms with Crippen LogP contribution in [0.2, 0.25) is 0 Å². The van der Waals surface area contributed by atoms with Gasteiger partial charge in [0.25, 0.3) is 0 Å². The van der Waals surface area contributed by atoms with Gasteiger partial charge in [-0.1, -0.05) is 13.8 Å². The second-order valence-electron chi connectivity index (χ2n) is 3.13. The lowest BCUT2D eigenvalue weighted by Gasteiger charge is -2.16. The first-order chi connectivity index (χ1) is 6.74. The number of hydrogen-bond acceptors (Lipinski definition) is 3. The fourth-order valence-electron chi connectivity index (χ4n) is 1.01. The quantitative estimate of drug-likeness (QED) is 0.371. The van der Waals surface area contributed by atoms with Crippen LogP contribution < -0.4 is 0 Å². The Morgan fingerprint density at radius 2 is 2.00 bits per heavy atom. The molecule has 1 atom stereocenters. The van der Waals surface area contributed by atoms with Crippen molar-refractivity contribution in [2.45, 2.75) is 38.9 Å². The van der Waals surface area contributed by atoms with Crippen molar-refractivity contribution in [3.05, 3.63) is 0 Å². The van der Waals surface area contributed by atoms with E-state index >= 15 is 0 Å². The van der Waals surface area contributed by atoms with E-state index in [4.69, 9.17) is 5.26 Å². The highest BCUT2D eigenvalue weighted by Gasteiger charge is 1.98. The monoisotopic (exact) mass is 213 g/mol. The van der Waals surface area contributed by atoms with Crippen molar-refractivity contribution in [2.24, 2.45) is 4.40 Å². The van der Waals surface area contributed by atoms with Crippen molar-refractivity contribution in [3.63, 3.8) is 0 Å². The van der Waals surface area contributed by atoms with Crippen LogP contribution in [0.4, 0.5) is 0 Å². The number of hydrogen-bond donors (Lipinski definition) is 0. The molecule has 14 heavy (non-hydrogen) atoms. The van der Waals surface area contributed by atoms with E-state index in [0.717, 1.165) is 25.9 Å². The lowest BCUT2D eigenvalue weighted by Crippen LogP contribution is -2.23. The third kappa shape index (κ3) is 6.79. The Labute approximate surface area is 91.3 Å². The zero-order valence-electron chi connectivity index (χ0n) is 9.23. The van der Waals surface area contributed by atoms with Crippen molar-refractivity contribution in [1.82, 2.24) is 4.90 Å². The van der Waals surface area contributed by atoms with Crippen molar-refractivity contribution in [1.29, 1.82) is 5.26 Å². The standard InChI is InChI=1S/C10H19N3S/c1-4-6-13(7-5-2)9-12-14-10(3)8-11/h9-10H,4-7H2,1-3H3. The maximum Gasteiger partial charge on any atom is 0.111 e. The van der Waals surface area contributed by atoms with Crippen LogP contribution in [-0.4, -0.2) is 29.6 Å².